The van der Waals surface area contributed by atoms with Crippen LogP contribution >= 0.6 is 0 Å². The maximum Gasteiger partial charge on any atom is 0.249 e. The van der Waals surface area contributed by atoms with E-state index >= 15 is 4.39 Å². The number of hydrogen-bond acceptors (Lipinski definition) is 5. The van der Waals surface area contributed by atoms with Crippen molar-refractivity contribution in [1.29, 1.82) is 0 Å². The molecule has 200 valence electrons. The average Bonchev–Trinajstić information content (AvgIpc) is 2.89. The van der Waals surface area contributed by atoms with Gasteiger partial charge < -0.3 is 14.6 Å². The Morgan fingerprint density at radius 1 is 1.24 bits per heavy atom. The lowest BCUT2D eigenvalue weighted by Crippen LogP contribution is -2.35. The molecule has 9 heteroatoms. The van der Waals surface area contributed by atoms with Crippen molar-refractivity contribution < 1.29 is 18.3 Å². The van der Waals surface area contributed by atoms with Crippen LogP contribution in [0.25, 0.3) is 17.3 Å². The fraction of sp³-hybridized carbons (Fsp3) is 0.310. The Kier molecular flexibility index (Phi) is 10.0. The number of aromatic nitrogens is 2. The van der Waals surface area contributed by atoms with E-state index in [1.54, 1.807) is 25.4 Å². The molecule has 3 aromatic rings. The van der Waals surface area contributed by atoms with Gasteiger partial charge in [-0.1, -0.05) is 36.4 Å². The highest BCUT2D eigenvalue weighted by Crippen LogP contribution is 2.22. The van der Waals surface area contributed by atoms with Crippen molar-refractivity contribution in [3.8, 4) is 11.4 Å². The second-order valence-corrected chi connectivity index (χ2v) is 8.72. The zero-order valence-corrected chi connectivity index (χ0v) is 22.0. The third kappa shape index (κ3) is 7.21. The second-order valence-electron chi connectivity index (χ2n) is 8.72. The highest BCUT2D eigenvalue weighted by atomic mass is 19.1. The second kappa shape index (κ2) is 13.4. The van der Waals surface area contributed by atoms with Crippen LogP contribution in [0.15, 0.2) is 64.5 Å². The first-order valence-corrected chi connectivity index (χ1v) is 12.3. The molecule has 7 nitrogen and oxygen atoms in total. The van der Waals surface area contributed by atoms with Gasteiger partial charge in [0.25, 0.3) is 0 Å². The molecule has 1 aromatic heterocycles. The summed E-state index contributed by atoms with van der Waals surface area (Å²) in [5.74, 6) is -0.866. The summed E-state index contributed by atoms with van der Waals surface area (Å²) >= 11 is 0. The summed E-state index contributed by atoms with van der Waals surface area (Å²) in [5.41, 5.74) is 2.03. The number of benzene rings is 2. The largest absolute Gasteiger partial charge is 0.491 e. The van der Waals surface area contributed by atoms with Gasteiger partial charge in [-0.3, -0.25) is 9.59 Å². The Morgan fingerprint density at radius 3 is 2.58 bits per heavy atom. The molecule has 0 aliphatic rings. The quantitative estimate of drug-likeness (QED) is 0.259. The van der Waals surface area contributed by atoms with Crippen LogP contribution in [0.2, 0.25) is 0 Å². The molecule has 2 aromatic carbocycles. The van der Waals surface area contributed by atoms with E-state index in [4.69, 9.17) is 4.74 Å². The normalized spacial score (nSPS) is 12.5. The number of carbonyl (C=O) groups excluding carboxylic acids is 1. The summed E-state index contributed by atoms with van der Waals surface area (Å²) in [6.07, 6.45) is 4.77. The molecular weight excluding hydrogens is 490 g/mol. The Balaban J connectivity index is 1.96. The lowest BCUT2D eigenvalue weighted by Gasteiger charge is -2.22. The third-order valence-electron chi connectivity index (χ3n) is 6.00. The molecule has 0 spiro atoms. The number of amides is 1. The minimum Gasteiger partial charge on any atom is -0.491 e. The number of carbonyl (C=O) groups is 1. The minimum absolute atomic E-state index is 0.0236. The predicted octanol–water partition coefficient (Wildman–Crippen LogP) is 5.11. The Morgan fingerprint density at radius 2 is 1.97 bits per heavy atom. The number of rotatable bonds is 11. The van der Waals surface area contributed by atoms with Crippen molar-refractivity contribution in [2.75, 3.05) is 20.7 Å². The number of allylic oxidation sites excluding steroid dienone is 1. The van der Waals surface area contributed by atoms with E-state index in [1.165, 1.54) is 37.9 Å². The highest BCUT2D eigenvalue weighted by molar-refractivity contribution is 5.88. The topological polar surface area (TPSA) is 76.8 Å². The van der Waals surface area contributed by atoms with Crippen molar-refractivity contribution in [3.63, 3.8) is 0 Å². The number of aryl methyl sites for hydroxylation is 1. The molecule has 0 aliphatic carbocycles. The third-order valence-corrected chi connectivity index (χ3v) is 6.00. The van der Waals surface area contributed by atoms with E-state index in [0.29, 0.717) is 30.4 Å². The van der Waals surface area contributed by atoms with Crippen LogP contribution in [0.3, 0.4) is 0 Å². The maximum absolute atomic E-state index is 15.3. The molecule has 1 atom stereocenters. The van der Waals surface area contributed by atoms with E-state index in [0.717, 1.165) is 10.5 Å². The van der Waals surface area contributed by atoms with Crippen molar-refractivity contribution in [1.82, 2.24) is 14.7 Å². The summed E-state index contributed by atoms with van der Waals surface area (Å²) in [4.78, 5) is 29.9. The van der Waals surface area contributed by atoms with Crippen molar-refractivity contribution in [3.05, 3.63) is 87.6 Å². The SMILES string of the molecule is CN=CC/C(=C/c1ccccc1)c1nn(-c2ccc(CCCN(C(C)=O)C(C)F)cc2F)cc(OC)c1=O. The fourth-order valence-corrected chi connectivity index (χ4v) is 4.04. The van der Waals surface area contributed by atoms with Crippen LogP contribution in [-0.4, -0.2) is 53.8 Å². The average molecular weight is 523 g/mol. The molecule has 0 radical (unpaired) electrons. The predicted molar refractivity (Wildman–Crippen MR) is 146 cm³/mol. The number of nitrogens with zero attached hydrogens (tertiary/aromatic N) is 4. The van der Waals surface area contributed by atoms with Crippen molar-refractivity contribution in [2.45, 2.75) is 39.4 Å². The zero-order valence-electron chi connectivity index (χ0n) is 22.0. The summed E-state index contributed by atoms with van der Waals surface area (Å²) in [6.45, 7) is 2.86. The number of ether oxygens (including phenoxy) is 1. The van der Waals surface area contributed by atoms with Crippen molar-refractivity contribution in [2.24, 2.45) is 4.99 Å². The van der Waals surface area contributed by atoms with Gasteiger partial charge in [0.15, 0.2) is 12.0 Å². The van der Waals surface area contributed by atoms with Crippen LogP contribution in [0.5, 0.6) is 5.75 Å². The molecule has 3 rings (SSSR count). The van der Waals surface area contributed by atoms with Gasteiger partial charge in [-0.05, 0) is 54.7 Å². The smallest absolute Gasteiger partial charge is 0.249 e. The van der Waals surface area contributed by atoms with E-state index in [2.05, 4.69) is 10.1 Å². The molecule has 0 N–H and O–H groups in total. The van der Waals surface area contributed by atoms with E-state index in [9.17, 15) is 14.0 Å². The van der Waals surface area contributed by atoms with Crippen molar-refractivity contribution >= 4 is 23.8 Å². The van der Waals surface area contributed by atoms with Crippen LogP contribution in [0, 0.1) is 5.82 Å². The number of methoxy groups -OCH3 is 1. The van der Waals surface area contributed by atoms with Gasteiger partial charge >= 0.3 is 0 Å². The minimum atomic E-state index is -1.38. The number of alkyl halides is 1. The van der Waals surface area contributed by atoms with Crippen LogP contribution < -0.4 is 10.2 Å². The summed E-state index contributed by atoms with van der Waals surface area (Å²) < 4.78 is 35.5. The van der Waals surface area contributed by atoms with Gasteiger partial charge in [0.05, 0.1) is 13.3 Å². The molecule has 1 amide bonds. The zero-order chi connectivity index (χ0) is 27.7. The molecule has 0 saturated carbocycles. The van der Waals surface area contributed by atoms with Crippen LogP contribution in [0.4, 0.5) is 8.78 Å². The fourth-order valence-electron chi connectivity index (χ4n) is 4.04. The van der Waals surface area contributed by atoms with Gasteiger partial charge in [-0.25, -0.2) is 13.5 Å². The molecule has 0 saturated heterocycles. The van der Waals surface area contributed by atoms with Gasteiger partial charge in [-0.2, -0.15) is 5.10 Å². The lowest BCUT2D eigenvalue weighted by molar-refractivity contribution is -0.134. The Hall–Kier alpha value is -4.14. The summed E-state index contributed by atoms with van der Waals surface area (Å²) in [7, 11) is 3.02. The first-order valence-electron chi connectivity index (χ1n) is 12.3. The van der Waals surface area contributed by atoms with E-state index < -0.39 is 17.5 Å². The number of halogens is 2. The number of aliphatic imine (C=N–C) groups is 1. The standard InChI is InChI=1S/C29H32F2N4O3/c1-20(30)34(21(2)36)16-8-11-23-12-13-26(25(31)18-23)35-19-27(38-4)29(37)28(33-35)24(14-15-32-3)17-22-9-6-5-7-10-22/h5-7,9-10,12-13,15,17-20H,8,11,14,16H2,1-4H3/b24-17-,32-15?. The summed E-state index contributed by atoms with van der Waals surface area (Å²) in [5, 5.41) is 4.48. The molecule has 0 bridgehead atoms. The number of hydrogen-bond donors (Lipinski definition) is 0. The molecule has 1 unspecified atom stereocenters. The molecular formula is C29H32F2N4O3. The van der Waals surface area contributed by atoms with Crippen LogP contribution in [0.1, 0.15) is 43.5 Å². The highest BCUT2D eigenvalue weighted by Gasteiger charge is 2.18. The van der Waals surface area contributed by atoms with Crippen LogP contribution in [-0.2, 0) is 11.2 Å². The Bertz CT molecular complexity index is 1370. The maximum atomic E-state index is 15.3. The van der Waals surface area contributed by atoms with Gasteiger partial charge in [0.1, 0.15) is 17.2 Å². The first-order chi connectivity index (χ1) is 18.2. The Labute approximate surface area is 221 Å². The molecule has 0 fully saturated rings. The summed E-state index contributed by atoms with van der Waals surface area (Å²) in [6, 6.07) is 14.2. The molecule has 38 heavy (non-hydrogen) atoms. The van der Waals surface area contributed by atoms with Gasteiger partial charge in [-0.15, -0.1) is 0 Å². The van der Waals surface area contributed by atoms with E-state index in [-0.39, 0.29) is 29.6 Å². The molecule has 1 heterocycles. The van der Waals surface area contributed by atoms with E-state index in [1.807, 2.05) is 36.4 Å². The van der Waals surface area contributed by atoms with Gasteiger partial charge in [0.2, 0.25) is 11.3 Å². The monoisotopic (exact) mass is 522 g/mol. The van der Waals surface area contributed by atoms with Gasteiger partial charge in [0, 0.05) is 33.2 Å². The molecule has 0 aliphatic heterocycles. The first kappa shape index (κ1) is 28.4. The lowest BCUT2D eigenvalue weighted by atomic mass is 10.0.